The van der Waals surface area contributed by atoms with E-state index in [2.05, 4.69) is 10.3 Å². The lowest BCUT2D eigenvalue weighted by Gasteiger charge is -2.12. The van der Waals surface area contributed by atoms with Crippen LogP contribution in [-0.4, -0.2) is 16.0 Å². The quantitative estimate of drug-likeness (QED) is 0.714. The van der Waals surface area contributed by atoms with Gasteiger partial charge in [0, 0.05) is 29.7 Å². The van der Waals surface area contributed by atoms with E-state index in [0.717, 1.165) is 5.56 Å². The van der Waals surface area contributed by atoms with E-state index in [1.165, 1.54) is 0 Å². The number of carbonyl (C=O) groups is 1. The zero-order valence-corrected chi connectivity index (χ0v) is 14.0. The number of anilines is 1. The number of para-hydroxylation sites is 1. The van der Waals surface area contributed by atoms with Crippen LogP contribution < -0.4 is 5.32 Å². The molecule has 0 aliphatic rings. The molecule has 0 saturated carbocycles. The van der Waals surface area contributed by atoms with Crippen molar-refractivity contribution in [3.63, 3.8) is 0 Å². The molecule has 1 unspecified atom stereocenters. The lowest BCUT2D eigenvalue weighted by Crippen LogP contribution is -2.14. The molecule has 1 heterocycles. The predicted molar refractivity (Wildman–Crippen MR) is 96.0 cm³/mol. The molecule has 3 rings (SSSR count). The van der Waals surface area contributed by atoms with Crippen molar-refractivity contribution >= 4 is 11.6 Å². The van der Waals surface area contributed by atoms with E-state index in [1.807, 2.05) is 42.5 Å². The molecule has 5 heteroatoms. The first-order valence-corrected chi connectivity index (χ1v) is 8.20. The van der Waals surface area contributed by atoms with Crippen molar-refractivity contribution in [1.82, 2.24) is 4.98 Å². The van der Waals surface area contributed by atoms with Gasteiger partial charge in [-0.2, -0.15) is 0 Å². The number of oxazole rings is 1. The van der Waals surface area contributed by atoms with Gasteiger partial charge in [0.25, 0.3) is 0 Å². The largest absolute Gasteiger partial charge is 0.441 e. The molecule has 128 valence electrons. The molecule has 0 fully saturated rings. The molecule has 5 nitrogen and oxygen atoms in total. The second-order valence-electron chi connectivity index (χ2n) is 5.80. The van der Waals surface area contributed by atoms with Gasteiger partial charge < -0.3 is 14.8 Å². The number of nitrogens with zero attached hydrogens (tertiary/aromatic N) is 1. The molecule has 1 aromatic heterocycles. The number of aryl methyl sites for hydroxylation is 1. The van der Waals surface area contributed by atoms with Crippen molar-refractivity contribution in [2.75, 3.05) is 5.32 Å². The first-order valence-electron chi connectivity index (χ1n) is 8.20. The number of rotatable bonds is 6. The standard InChI is InChI=1S/C20H20N2O3/c1-14(23)16-9-5-6-10-17(16)22-19(24)11-12-20-21-13-18(25-20)15-7-3-2-4-8-15/h2-10,13-14,23H,11-12H2,1H3,(H,22,24). The highest BCUT2D eigenvalue weighted by Crippen LogP contribution is 2.23. The lowest BCUT2D eigenvalue weighted by molar-refractivity contribution is -0.116. The molecule has 1 atom stereocenters. The Kier molecular flexibility index (Phi) is 5.26. The van der Waals surface area contributed by atoms with Crippen LogP contribution in [0.5, 0.6) is 0 Å². The Morgan fingerprint density at radius 2 is 1.88 bits per heavy atom. The van der Waals surface area contributed by atoms with Gasteiger partial charge in [0.15, 0.2) is 11.7 Å². The SMILES string of the molecule is CC(O)c1ccccc1NC(=O)CCc1ncc(-c2ccccc2)o1. The molecule has 0 radical (unpaired) electrons. The molecule has 0 aliphatic heterocycles. The Balaban J connectivity index is 1.59. The maximum Gasteiger partial charge on any atom is 0.224 e. The number of nitrogens with one attached hydrogen (secondary N) is 1. The fraction of sp³-hybridized carbons (Fsp3) is 0.200. The summed E-state index contributed by atoms with van der Waals surface area (Å²) in [4.78, 5) is 16.4. The number of amides is 1. The van der Waals surface area contributed by atoms with Crippen LogP contribution in [0.25, 0.3) is 11.3 Å². The Morgan fingerprint density at radius 1 is 1.16 bits per heavy atom. The minimum Gasteiger partial charge on any atom is -0.441 e. The number of hydrogen-bond donors (Lipinski definition) is 2. The summed E-state index contributed by atoms with van der Waals surface area (Å²) in [6.45, 7) is 1.67. The third-order valence-electron chi connectivity index (χ3n) is 3.86. The summed E-state index contributed by atoms with van der Waals surface area (Å²) >= 11 is 0. The molecule has 2 N–H and O–H groups in total. The molecular formula is C20H20N2O3. The maximum absolute atomic E-state index is 12.2. The summed E-state index contributed by atoms with van der Waals surface area (Å²) in [5.41, 5.74) is 2.27. The average Bonchev–Trinajstić information content (AvgIpc) is 3.10. The molecule has 0 saturated heterocycles. The number of aliphatic hydroxyl groups is 1. The van der Waals surface area contributed by atoms with Crippen LogP contribution in [0.3, 0.4) is 0 Å². The normalized spacial score (nSPS) is 11.9. The first-order chi connectivity index (χ1) is 12.1. The van der Waals surface area contributed by atoms with E-state index < -0.39 is 6.10 Å². The Bertz CT molecular complexity index is 841. The van der Waals surface area contributed by atoms with Crippen molar-refractivity contribution < 1.29 is 14.3 Å². The van der Waals surface area contributed by atoms with Crippen LogP contribution >= 0.6 is 0 Å². The van der Waals surface area contributed by atoms with Gasteiger partial charge in [0.2, 0.25) is 5.91 Å². The lowest BCUT2D eigenvalue weighted by atomic mass is 10.1. The summed E-state index contributed by atoms with van der Waals surface area (Å²) < 4.78 is 5.70. The first kappa shape index (κ1) is 16.9. The average molecular weight is 336 g/mol. The summed E-state index contributed by atoms with van der Waals surface area (Å²) in [6, 6.07) is 16.9. The van der Waals surface area contributed by atoms with Crippen molar-refractivity contribution in [1.29, 1.82) is 0 Å². The van der Waals surface area contributed by atoms with Crippen molar-refractivity contribution in [2.45, 2.75) is 25.9 Å². The molecule has 0 spiro atoms. The van der Waals surface area contributed by atoms with E-state index in [0.29, 0.717) is 29.3 Å². The zero-order chi connectivity index (χ0) is 17.6. The number of carbonyl (C=O) groups excluding carboxylic acids is 1. The topological polar surface area (TPSA) is 75.4 Å². The van der Waals surface area contributed by atoms with E-state index in [-0.39, 0.29) is 12.3 Å². The number of hydrogen-bond acceptors (Lipinski definition) is 4. The minimum absolute atomic E-state index is 0.146. The zero-order valence-electron chi connectivity index (χ0n) is 14.0. The van der Waals surface area contributed by atoms with Crippen LogP contribution in [0, 0.1) is 0 Å². The van der Waals surface area contributed by atoms with E-state index in [4.69, 9.17) is 4.42 Å². The highest BCUT2D eigenvalue weighted by atomic mass is 16.4. The maximum atomic E-state index is 12.2. The minimum atomic E-state index is -0.642. The highest BCUT2D eigenvalue weighted by Gasteiger charge is 2.12. The van der Waals surface area contributed by atoms with Gasteiger partial charge in [0.1, 0.15) is 0 Å². The number of aromatic nitrogens is 1. The second-order valence-corrected chi connectivity index (χ2v) is 5.80. The van der Waals surface area contributed by atoms with Crippen molar-refractivity contribution in [3.05, 3.63) is 72.2 Å². The van der Waals surface area contributed by atoms with Gasteiger partial charge >= 0.3 is 0 Å². The smallest absolute Gasteiger partial charge is 0.224 e. The fourth-order valence-electron chi connectivity index (χ4n) is 2.57. The van der Waals surface area contributed by atoms with E-state index >= 15 is 0 Å². The summed E-state index contributed by atoms with van der Waals surface area (Å²) in [5.74, 6) is 1.07. The summed E-state index contributed by atoms with van der Waals surface area (Å²) in [5, 5.41) is 12.6. The highest BCUT2D eigenvalue weighted by molar-refractivity contribution is 5.91. The molecule has 25 heavy (non-hydrogen) atoms. The monoisotopic (exact) mass is 336 g/mol. The molecule has 3 aromatic rings. The molecular weight excluding hydrogens is 316 g/mol. The van der Waals surface area contributed by atoms with Crippen LogP contribution in [0.2, 0.25) is 0 Å². The van der Waals surface area contributed by atoms with Crippen LogP contribution in [0.15, 0.2) is 65.2 Å². The number of aliphatic hydroxyl groups excluding tert-OH is 1. The molecule has 1 amide bonds. The molecule has 2 aromatic carbocycles. The Hall–Kier alpha value is -2.92. The van der Waals surface area contributed by atoms with Gasteiger partial charge in [0.05, 0.1) is 12.3 Å². The predicted octanol–water partition coefficient (Wildman–Crippen LogP) is 3.97. The van der Waals surface area contributed by atoms with Crippen LogP contribution in [-0.2, 0) is 11.2 Å². The third-order valence-corrected chi connectivity index (χ3v) is 3.86. The molecule has 0 bridgehead atoms. The summed E-state index contributed by atoms with van der Waals surface area (Å²) in [6.07, 6.45) is 1.70. The second kappa shape index (κ2) is 7.77. The van der Waals surface area contributed by atoms with Crippen LogP contribution in [0.4, 0.5) is 5.69 Å². The van der Waals surface area contributed by atoms with Crippen LogP contribution in [0.1, 0.15) is 30.9 Å². The van der Waals surface area contributed by atoms with Gasteiger partial charge in [-0.1, -0.05) is 48.5 Å². The van der Waals surface area contributed by atoms with Gasteiger partial charge in [-0.05, 0) is 13.0 Å². The fourth-order valence-corrected chi connectivity index (χ4v) is 2.57. The summed E-state index contributed by atoms with van der Waals surface area (Å²) in [7, 11) is 0. The van der Waals surface area contributed by atoms with Crippen molar-refractivity contribution in [2.24, 2.45) is 0 Å². The number of benzene rings is 2. The van der Waals surface area contributed by atoms with E-state index in [9.17, 15) is 9.90 Å². The molecule has 0 aliphatic carbocycles. The Labute approximate surface area is 146 Å². The van der Waals surface area contributed by atoms with Gasteiger partial charge in [-0.25, -0.2) is 4.98 Å². The Morgan fingerprint density at radius 3 is 2.64 bits per heavy atom. The third kappa shape index (κ3) is 4.33. The van der Waals surface area contributed by atoms with Gasteiger partial charge in [-0.15, -0.1) is 0 Å². The van der Waals surface area contributed by atoms with Gasteiger partial charge in [-0.3, -0.25) is 4.79 Å². The van der Waals surface area contributed by atoms with Crippen molar-refractivity contribution in [3.8, 4) is 11.3 Å². The van der Waals surface area contributed by atoms with E-state index in [1.54, 1.807) is 25.3 Å².